The predicted molar refractivity (Wildman–Crippen MR) is 146 cm³/mol. The van der Waals surface area contributed by atoms with E-state index in [1.807, 2.05) is 6.20 Å². The van der Waals surface area contributed by atoms with Gasteiger partial charge in [0.1, 0.15) is 5.76 Å². The number of hydrogen-bond acceptors (Lipinski definition) is 3. The van der Waals surface area contributed by atoms with Gasteiger partial charge in [-0.25, -0.2) is 0 Å². The van der Waals surface area contributed by atoms with E-state index in [1.54, 1.807) is 5.57 Å². The third-order valence-electron chi connectivity index (χ3n) is 13.5. The predicted octanol–water partition coefficient (Wildman–Crippen LogP) is 8.26. The molecule has 0 amide bonds. The number of fused-ring (bicyclic) bond motifs is 8. The summed E-state index contributed by atoms with van der Waals surface area (Å²) in [7, 11) is 0. The summed E-state index contributed by atoms with van der Waals surface area (Å²) in [4.78, 5) is 0. The van der Waals surface area contributed by atoms with Crippen LogP contribution >= 0.6 is 0 Å². The van der Waals surface area contributed by atoms with Crippen molar-refractivity contribution in [2.75, 3.05) is 6.61 Å². The van der Waals surface area contributed by atoms with Gasteiger partial charge in [0, 0.05) is 17.6 Å². The minimum absolute atomic E-state index is 0.0260. The van der Waals surface area contributed by atoms with Gasteiger partial charge in [-0.2, -0.15) is 0 Å². The number of hydrogen-bond donors (Lipinski definition) is 1. The first-order valence-electron chi connectivity index (χ1n) is 15.1. The summed E-state index contributed by atoms with van der Waals surface area (Å²) in [6.45, 7) is 18.2. The van der Waals surface area contributed by atoms with Gasteiger partial charge in [-0.05, 0) is 115 Å². The molecule has 0 saturated heterocycles. The largest absolute Gasteiger partial charge is 0.396 e. The Morgan fingerprint density at radius 2 is 1.72 bits per heavy atom. The van der Waals surface area contributed by atoms with Gasteiger partial charge in [0.25, 0.3) is 0 Å². The molecule has 0 aliphatic heterocycles. The Balaban J connectivity index is 1.43. The Kier molecular flexibility index (Phi) is 5.41. The molecular formula is C33H51NO2. The lowest BCUT2D eigenvalue weighted by molar-refractivity contribution is -0.163. The summed E-state index contributed by atoms with van der Waals surface area (Å²) in [5.41, 5.74) is 4.84. The Morgan fingerprint density at radius 3 is 2.47 bits per heavy atom. The fourth-order valence-corrected chi connectivity index (χ4v) is 11.5. The van der Waals surface area contributed by atoms with E-state index >= 15 is 0 Å². The molecule has 1 aromatic heterocycles. The van der Waals surface area contributed by atoms with Crippen molar-refractivity contribution in [1.82, 2.24) is 5.16 Å². The second-order valence-corrected chi connectivity index (χ2v) is 16.0. The highest BCUT2D eigenvalue weighted by Crippen LogP contribution is 2.75. The van der Waals surface area contributed by atoms with Crippen LogP contribution in [0.3, 0.4) is 0 Å². The fourth-order valence-electron chi connectivity index (χ4n) is 11.5. The molecule has 3 fully saturated rings. The van der Waals surface area contributed by atoms with Crippen LogP contribution in [0, 0.1) is 44.8 Å². The summed E-state index contributed by atoms with van der Waals surface area (Å²) < 4.78 is 5.87. The van der Waals surface area contributed by atoms with E-state index in [2.05, 4.69) is 59.7 Å². The monoisotopic (exact) mass is 493 g/mol. The van der Waals surface area contributed by atoms with Gasteiger partial charge in [0.05, 0.1) is 6.20 Å². The Labute approximate surface area is 219 Å². The van der Waals surface area contributed by atoms with E-state index in [9.17, 15) is 5.11 Å². The summed E-state index contributed by atoms with van der Waals surface area (Å²) in [6, 6.07) is 0. The van der Waals surface area contributed by atoms with Crippen LogP contribution in [-0.2, 0) is 11.8 Å². The van der Waals surface area contributed by atoms with Gasteiger partial charge in [0.15, 0.2) is 0 Å². The number of aliphatic hydroxyl groups excluding tert-OH is 1. The van der Waals surface area contributed by atoms with Gasteiger partial charge >= 0.3 is 0 Å². The lowest BCUT2D eigenvalue weighted by Gasteiger charge is -2.70. The Hall–Kier alpha value is -1.09. The van der Waals surface area contributed by atoms with Crippen LogP contribution in [0.15, 0.2) is 22.4 Å². The van der Waals surface area contributed by atoms with Crippen LogP contribution in [-0.4, -0.2) is 16.9 Å². The van der Waals surface area contributed by atoms with Crippen molar-refractivity contribution in [1.29, 1.82) is 0 Å². The molecule has 3 nitrogen and oxygen atoms in total. The molecule has 1 N–H and O–H groups in total. The van der Waals surface area contributed by atoms with E-state index < -0.39 is 0 Å². The van der Waals surface area contributed by atoms with Crippen LogP contribution in [0.4, 0.5) is 0 Å². The van der Waals surface area contributed by atoms with E-state index in [4.69, 9.17) is 4.52 Å². The van der Waals surface area contributed by atoms with E-state index in [0.717, 1.165) is 30.4 Å². The zero-order valence-corrected chi connectivity index (χ0v) is 24.2. The maximum absolute atomic E-state index is 9.78. The van der Waals surface area contributed by atoms with Crippen molar-refractivity contribution in [3.8, 4) is 0 Å². The summed E-state index contributed by atoms with van der Waals surface area (Å²) in [6.07, 6.45) is 18.7. The summed E-state index contributed by atoms with van der Waals surface area (Å²) in [5, 5.41) is 14.0. The molecule has 5 aliphatic carbocycles. The van der Waals surface area contributed by atoms with Crippen LogP contribution in [0.2, 0.25) is 0 Å². The maximum Gasteiger partial charge on any atom is 0.145 e. The highest BCUT2D eigenvalue weighted by atomic mass is 16.5. The van der Waals surface area contributed by atoms with E-state index in [1.165, 1.54) is 63.4 Å². The zero-order chi connectivity index (χ0) is 25.8. The lowest BCUT2D eigenvalue weighted by Crippen LogP contribution is -2.63. The number of nitrogens with zero attached hydrogens (tertiary/aromatic N) is 1. The first kappa shape index (κ1) is 25.2. The SMILES string of the molecule is CC1(C)CC[C@]2(CCCO)CC[C@]3(C)C(CC=C4[C@@]5(C)Cc6cnoc6C(C)(C)[C@@H]5CC[C@]43C)C2C1. The van der Waals surface area contributed by atoms with Crippen molar-refractivity contribution < 1.29 is 9.63 Å². The quantitative estimate of drug-likeness (QED) is 0.431. The Bertz CT molecular complexity index is 1070. The highest BCUT2D eigenvalue weighted by molar-refractivity contribution is 5.41. The smallest absolute Gasteiger partial charge is 0.145 e. The minimum atomic E-state index is 0.0260. The van der Waals surface area contributed by atoms with Crippen LogP contribution in [0.5, 0.6) is 0 Å². The molecule has 3 saturated carbocycles. The van der Waals surface area contributed by atoms with Crippen molar-refractivity contribution in [3.63, 3.8) is 0 Å². The number of allylic oxidation sites excluding steroid dienone is 2. The molecule has 0 radical (unpaired) electrons. The summed E-state index contributed by atoms with van der Waals surface area (Å²) in [5.74, 6) is 3.30. The van der Waals surface area contributed by atoms with Crippen LogP contribution in [0.1, 0.15) is 124 Å². The van der Waals surface area contributed by atoms with Crippen molar-refractivity contribution in [2.24, 2.45) is 44.8 Å². The molecule has 7 atom stereocenters. The number of aliphatic hydroxyl groups is 1. The van der Waals surface area contributed by atoms with Crippen molar-refractivity contribution in [2.45, 2.75) is 125 Å². The molecule has 6 rings (SSSR count). The molecule has 36 heavy (non-hydrogen) atoms. The first-order chi connectivity index (χ1) is 16.8. The lowest BCUT2D eigenvalue weighted by atomic mass is 9.34. The Morgan fingerprint density at radius 1 is 0.972 bits per heavy atom. The second-order valence-electron chi connectivity index (χ2n) is 16.0. The van der Waals surface area contributed by atoms with Crippen molar-refractivity contribution in [3.05, 3.63) is 29.2 Å². The third-order valence-corrected chi connectivity index (χ3v) is 13.5. The maximum atomic E-state index is 9.78. The normalized spacial score (nSPS) is 46.4. The molecule has 0 aromatic carbocycles. The van der Waals surface area contributed by atoms with Gasteiger partial charge in [-0.3, -0.25) is 0 Å². The molecule has 1 heterocycles. The molecule has 2 unspecified atom stereocenters. The molecule has 3 heteroatoms. The van der Waals surface area contributed by atoms with Gasteiger partial charge in [0.2, 0.25) is 0 Å². The topological polar surface area (TPSA) is 46.3 Å². The van der Waals surface area contributed by atoms with Crippen LogP contribution in [0.25, 0.3) is 0 Å². The van der Waals surface area contributed by atoms with E-state index in [-0.39, 0.29) is 16.2 Å². The molecular weight excluding hydrogens is 442 g/mol. The number of rotatable bonds is 3. The molecule has 0 bridgehead atoms. The van der Waals surface area contributed by atoms with Crippen molar-refractivity contribution >= 4 is 0 Å². The van der Waals surface area contributed by atoms with E-state index in [0.29, 0.717) is 28.8 Å². The average molecular weight is 494 g/mol. The molecule has 0 spiro atoms. The first-order valence-corrected chi connectivity index (χ1v) is 15.1. The van der Waals surface area contributed by atoms with Gasteiger partial charge in [-0.1, -0.05) is 65.3 Å². The highest BCUT2D eigenvalue weighted by Gasteiger charge is 2.67. The second kappa shape index (κ2) is 7.73. The average Bonchev–Trinajstić information content (AvgIpc) is 3.27. The van der Waals surface area contributed by atoms with Gasteiger partial charge < -0.3 is 9.63 Å². The third kappa shape index (κ3) is 3.10. The molecule has 1 aromatic rings. The number of aromatic nitrogens is 1. The standard InChI is InChI=1S/C33H51NO2/c1-28(2)14-16-33(12-8-18-35)17-15-31(6)23(24(33)20-28)9-10-26-30(5)19-22-21-34-36-27(22)29(3,4)25(30)11-13-32(26,31)7/h10,21,23-25,35H,8-9,11-20H2,1-7H3/t23?,24?,25-,30-,31+,32+,33+/m0/s1. The minimum Gasteiger partial charge on any atom is -0.396 e. The summed E-state index contributed by atoms with van der Waals surface area (Å²) >= 11 is 0. The van der Waals surface area contributed by atoms with Gasteiger partial charge in [-0.15, -0.1) is 0 Å². The molecule has 5 aliphatic rings. The molecule has 200 valence electrons. The van der Waals surface area contributed by atoms with Crippen LogP contribution < -0.4 is 0 Å². The zero-order valence-electron chi connectivity index (χ0n) is 24.2. The fraction of sp³-hybridized carbons (Fsp3) is 0.848.